The predicted molar refractivity (Wildman–Crippen MR) is 57.7 cm³/mol. The average molecular weight is 203 g/mol. The lowest BCUT2D eigenvalue weighted by molar-refractivity contribution is 0.473. The number of allylic oxidation sites excluding steroid dienone is 2. The van der Waals surface area contributed by atoms with E-state index < -0.39 is 0 Å². The second kappa shape index (κ2) is 5.64. The van der Waals surface area contributed by atoms with Crippen molar-refractivity contribution in [1.29, 1.82) is 0 Å². The van der Waals surface area contributed by atoms with Crippen molar-refractivity contribution in [2.24, 2.45) is 0 Å². The molecule has 0 atom stereocenters. The van der Waals surface area contributed by atoms with Gasteiger partial charge in [0.1, 0.15) is 0 Å². The third-order valence-corrected chi connectivity index (χ3v) is 2.16. The van der Waals surface area contributed by atoms with Crippen molar-refractivity contribution in [3.05, 3.63) is 47.7 Å². The van der Waals surface area contributed by atoms with Crippen LogP contribution in [0.2, 0.25) is 0 Å². The lowest BCUT2D eigenvalue weighted by Gasteiger charge is -1.98. The van der Waals surface area contributed by atoms with Gasteiger partial charge in [-0.2, -0.15) is 0 Å². The summed E-state index contributed by atoms with van der Waals surface area (Å²) in [6.45, 7) is 1.79. The SMILES string of the molecule is C/C(=C/C(=[OH+])Cc1ccccc1)[O][Al]. The molecule has 14 heavy (non-hydrogen) atoms. The van der Waals surface area contributed by atoms with Gasteiger partial charge < -0.3 is 3.79 Å². The minimum absolute atomic E-state index is 0.302. The third kappa shape index (κ3) is 3.78. The first kappa shape index (κ1) is 11.0. The summed E-state index contributed by atoms with van der Waals surface area (Å²) in [6.07, 6.45) is 2.15. The molecule has 0 saturated carbocycles. The number of ketones is 1. The van der Waals surface area contributed by atoms with E-state index >= 15 is 0 Å². The van der Waals surface area contributed by atoms with Crippen molar-refractivity contribution in [2.45, 2.75) is 13.3 Å². The van der Waals surface area contributed by atoms with Crippen LogP contribution in [0.3, 0.4) is 0 Å². The Morgan fingerprint density at radius 2 is 2.07 bits per heavy atom. The van der Waals surface area contributed by atoms with Gasteiger partial charge >= 0.3 is 22.4 Å². The van der Waals surface area contributed by atoms with Crippen LogP contribution in [0.5, 0.6) is 0 Å². The summed E-state index contributed by atoms with van der Waals surface area (Å²) < 4.78 is 4.86. The van der Waals surface area contributed by atoms with Crippen LogP contribution in [-0.2, 0) is 10.2 Å². The molecular weight excluding hydrogens is 191 g/mol. The molecule has 70 valence electrons. The summed E-state index contributed by atoms with van der Waals surface area (Å²) in [5.41, 5.74) is 1.08. The fourth-order valence-corrected chi connectivity index (χ4v) is 1.19. The van der Waals surface area contributed by atoms with Gasteiger partial charge in [0.05, 0.1) is 18.3 Å². The summed E-state index contributed by atoms with van der Waals surface area (Å²) in [6, 6.07) is 9.80. The second-order valence-corrected chi connectivity index (χ2v) is 3.26. The van der Waals surface area contributed by atoms with Gasteiger partial charge in [-0.05, 0) is 12.5 Å². The maximum absolute atomic E-state index is 9.56. The number of rotatable bonds is 4. The average Bonchev–Trinajstić information content (AvgIpc) is 2.19. The van der Waals surface area contributed by atoms with Crippen molar-refractivity contribution in [3.63, 3.8) is 0 Å². The molecule has 0 saturated heterocycles. The largest absolute Gasteiger partial charge is 0.657 e. The summed E-state index contributed by atoms with van der Waals surface area (Å²) in [4.78, 5) is 9.56. The Morgan fingerprint density at radius 3 is 2.64 bits per heavy atom. The molecule has 1 rings (SSSR count). The smallest absolute Gasteiger partial charge is 0.481 e. The van der Waals surface area contributed by atoms with E-state index in [1.165, 1.54) is 0 Å². The topological polar surface area (TPSA) is 30.6 Å². The fourth-order valence-electron chi connectivity index (χ4n) is 1.12. The second-order valence-electron chi connectivity index (χ2n) is 3.03. The van der Waals surface area contributed by atoms with E-state index in [4.69, 9.17) is 3.79 Å². The molecule has 0 aliphatic rings. The number of hydrogen-bond acceptors (Lipinski definition) is 1. The van der Waals surface area contributed by atoms with E-state index in [2.05, 4.69) is 16.6 Å². The van der Waals surface area contributed by atoms with E-state index in [0.717, 1.165) is 5.56 Å². The molecule has 0 amide bonds. The molecule has 0 spiro atoms. The molecule has 1 aromatic carbocycles. The van der Waals surface area contributed by atoms with E-state index in [1.807, 2.05) is 30.3 Å². The molecule has 3 heteroatoms. The van der Waals surface area contributed by atoms with Gasteiger partial charge in [0.15, 0.2) is 0 Å². The molecule has 0 fully saturated rings. The zero-order valence-electron chi connectivity index (χ0n) is 8.10. The monoisotopic (exact) mass is 203 g/mol. The van der Waals surface area contributed by atoms with E-state index in [9.17, 15) is 4.79 Å². The van der Waals surface area contributed by atoms with Gasteiger partial charge in [0, 0.05) is 0 Å². The Labute approximate surface area is 92.3 Å². The number of hydrogen-bond donors (Lipinski definition) is 0. The van der Waals surface area contributed by atoms with Gasteiger partial charge in [0.2, 0.25) is 0 Å². The standard InChI is InChI=1S/C11H12O2.Al/c1-9(12)7-11(13)8-10-5-3-2-4-6-10;/h2-7,12H,8H2,1H3;/q;+1/b9-7-;. The third-order valence-electron chi connectivity index (χ3n) is 1.78. The van der Waals surface area contributed by atoms with Gasteiger partial charge in [-0.3, -0.25) is 4.79 Å². The molecule has 0 aromatic heterocycles. The number of benzene rings is 1. The normalized spacial score (nSPS) is 11.1. The Bertz CT molecular complexity index is 330. The molecule has 0 heterocycles. The Kier molecular flexibility index (Phi) is 4.45. The molecule has 1 N–H and O–H groups in total. The van der Waals surface area contributed by atoms with E-state index in [0.29, 0.717) is 18.0 Å². The Hall–Kier alpha value is -1.04. The highest BCUT2D eigenvalue weighted by atomic mass is 27.1. The highest BCUT2D eigenvalue weighted by Gasteiger charge is 2.06. The summed E-state index contributed by atoms with van der Waals surface area (Å²) in [5.74, 6) is 0.972. The zero-order valence-corrected chi connectivity index (χ0v) is 9.26. The van der Waals surface area contributed by atoms with Crippen LogP contribution in [-0.4, -0.2) is 27.2 Å². The van der Waals surface area contributed by atoms with E-state index in [-0.39, 0.29) is 0 Å². The maximum atomic E-state index is 9.56. The van der Waals surface area contributed by atoms with Gasteiger partial charge in [-0.1, -0.05) is 30.3 Å². The van der Waals surface area contributed by atoms with Crippen LogP contribution in [0.25, 0.3) is 0 Å². The first-order chi connectivity index (χ1) is 6.72. The molecule has 0 aliphatic heterocycles. The molecule has 2 radical (unpaired) electrons. The first-order valence-corrected chi connectivity index (χ1v) is 4.83. The van der Waals surface area contributed by atoms with Crippen molar-refractivity contribution >= 4 is 22.4 Å². The number of carbonyl (C=O) groups excluding carboxylic acids is 1. The Balaban J connectivity index is 2.58. The zero-order chi connectivity index (χ0) is 10.4. The summed E-state index contributed by atoms with van der Waals surface area (Å²) in [5, 5.41) is 0. The minimum atomic E-state index is 0.302. The quantitative estimate of drug-likeness (QED) is 0.317. The molecule has 0 bridgehead atoms. The molecule has 0 unspecified atom stereocenters. The van der Waals surface area contributed by atoms with Crippen LogP contribution < -0.4 is 0 Å². The van der Waals surface area contributed by atoms with Crippen LogP contribution in [0.4, 0.5) is 0 Å². The van der Waals surface area contributed by atoms with Crippen molar-refractivity contribution in [1.82, 2.24) is 0 Å². The lowest BCUT2D eigenvalue weighted by Crippen LogP contribution is -2.00. The van der Waals surface area contributed by atoms with Crippen LogP contribution in [0.15, 0.2) is 42.2 Å². The molecular formula is C11H12AlO2+. The predicted octanol–water partition coefficient (Wildman–Crippen LogP) is 1.78. The van der Waals surface area contributed by atoms with Crippen LogP contribution in [0, 0.1) is 0 Å². The highest BCUT2D eigenvalue weighted by Crippen LogP contribution is 2.02. The minimum Gasteiger partial charge on any atom is -0.657 e. The van der Waals surface area contributed by atoms with Gasteiger partial charge in [-0.15, -0.1) is 0 Å². The van der Waals surface area contributed by atoms with Gasteiger partial charge in [0.25, 0.3) is 0 Å². The van der Waals surface area contributed by atoms with Crippen molar-refractivity contribution < 1.29 is 8.58 Å². The lowest BCUT2D eigenvalue weighted by atomic mass is 10.1. The molecule has 1 aromatic rings. The van der Waals surface area contributed by atoms with Crippen LogP contribution in [0.1, 0.15) is 12.5 Å². The summed E-state index contributed by atoms with van der Waals surface area (Å²) >= 11 is 2.14. The highest BCUT2D eigenvalue weighted by molar-refractivity contribution is 5.99. The van der Waals surface area contributed by atoms with E-state index in [1.54, 1.807) is 13.0 Å². The maximum Gasteiger partial charge on any atom is 0.481 e. The molecule has 2 nitrogen and oxygen atoms in total. The molecule has 0 aliphatic carbocycles. The van der Waals surface area contributed by atoms with Crippen LogP contribution >= 0.6 is 0 Å². The van der Waals surface area contributed by atoms with Crippen molar-refractivity contribution in [3.8, 4) is 0 Å². The van der Waals surface area contributed by atoms with Crippen molar-refractivity contribution in [2.75, 3.05) is 0 Å². The van der Waals surface area contributed by atoms with Gasteiger partial charge in [-0.25, -0.2) is 0 Å². The fraction of sp³-hybridized carbons (Fsp3) is 0.182. The summed E-state index contributed by atoms with van der Waals surface area (Å²) in [7, 11) is 0. The first-order valence-electron chi connectivity index (χ1n) is 4.36. The Morgan fingerprint density at radius 1 is 1.43 bits per heavy atom.